The van der Waals surface area contributed by atoms with Crippen LogP contribution >= 0.6 is 40.1 Å². The highest BCUT2D eigenvalue weighted by molar-refractivity contribution is 8.93. The second kappa shape index (κ2) is 6.74. The molecule has 1 aromatic heterocycles. The van der Waals surface area contributed by atoms with E-state index in [1.54, 1.807) is 11.8 Å². The summed E-state index contributed by atoms with van der Waals surface area (Å²) in [5.74, 6) is 0. The van der Waals surface area contributed by atoms with Crippen LogP contribution in [0, 0.1) is 0 Å². The minimum Gasteiger partial charge on any atom is -0.376 e. The van der Waals surface area contributed by atoms with Crippen molar-refractivity contribution in [3.8, 4) is 0 Å². The third-order valence-electron chi connectivity index (χ3n) is 3.72. The first-order chi connectivity index (χ1) is 10.4. The molecule has 0 radical (unpaired) electrons. The van der Waals surface area contributed by atoms with E-state index >= 15 is 0 Å². The molecule has 3 nitrogen and oxygen atoms in total. The predicted molar refractivity (Wildman–Crippen MR) is 102 cm³/mol. The van der Waals surface area contributed by atoms with Gasteiger partial charge in [0, 0.05) is 39.1 Å². The fourth-order valence-electron chi connectivity index (χ4n) is 2.78. The highest BCUT2D eigenvalue weighted by Crippen LogP contribution is 2.44. The first-order valence-corrected chi connectivity index (χ1v) is 8.85. The summed E-state index contributed by atoms with van der Waals surface area (Å²) in [6.07, 6.45) is 0. The van der Waals surface area contributed by atoms with E-state index in [1.807, 2.05) is 18.3 Å². The first kappa shape index (κ1) is 16.1. The van der Waals surface area contributed by atoms with Crippen molar-refractivity contribution in [1.82, 2.24) is 4.90 Å². The van der Waals surface area contributed by atoms with Crippen LogP contribution < -0.4 is 0 Å². The normalized spacial score (nSPS) is 17.0. The minimum atomic E-state index is 0. The van der Waals surface area contributed by atoms with Gasteiger partial charge in [0.25, 0.3) is 0 Å². The Balaban J connectivity index is 0.00000144. The van der Waals surface area contributed by atoms with Crippen molar-refractivity contribution in [3.05, 3.63) is 40.1 Å². The molecular formula is C16H17BrN2OS2. The number of amidine groups is 1. The van der Waals surface area contributed by atoms with Crippen LogP contribution in [-0.4, -0.2) is 36.4 Å². The summed E-state index contributed by atoms with van der Waals surface area (Å²) < 4.78 is 7.00. The van der Waals surface area contributed by atoms with E-state index in [4.69, 9.17) is 4.74 Å². The molecule has 2 aliphatic heterocycles. The van der Waals surface area contributed by atoms with Gasteiger partial charge in [-0.3, -0.25) is 4.99 Å². The standard InChI is InChI=1S/C16H16N2OS2.BrH/c1-2-19-9-14-15(18-8-7-17-16(18)21-14)12-10-20-13-6-4-3-5-11(12)13;/h3-6,10H,2,7-9H2,1H3;1H. The van der Waals surface area contributed by atoms with Crippen LogP contribution in [0.4, 0.5) is 0 Å². The van der Waals surface area contributed by atoms with E-state index in [1.165, 1.54) is 26.3 Å². The molecule has 0 saturated heterocycles. The Bertz CT molecular complexity index is 753. The number of fused-ring (bicyclic) bond motifs is 2. The van der Waals surface area contributed by atoms with E-state index in [0.29, 0.717) is 6.61 Å². The van der Waals surface area contributed by atoms with Crippen LogP contribution in [0.1, 0.15) is 12.5 Å². The van der Waals surface area contributed by atoms with Gasteiger partial charge in [-0.2, -0.15) is 0 Å². The number of thiophene rings is 1. The molecule has 0 atom stereocenters. The monoisotopic (exact) mass is 396 g/mol. The fourth-order valence-corrected chi connectivity index (χ4v) is 4.85. The summed E-state index contributed by atoms with van der Waals surface area (Å²) in [5, 5.41) is 4.74. The molecule has 22 heavy (non-hydrogen) atoms. The lowest BCUT2D eigenvalue weighted by molar-refractivity contribution is 0.175. The maximum atomic E-state index is 5.67. The number of nitrogens with zero attached hydrogens (tertiary/aromatic N) is 2. The third kappa shape index (κ3) is 2.62. The number of aliphatic imine (C=N–C) groups is 1. The van der Waals surface area contributed by atoms with Crippen molar-refractivity contribution >= 4 is 61.0 Å². The largest absolute Gasteiger partial charge is 0.376 e. The van der Waals surface area contributed by atoms with Crippen molar-refractivity contribution in [2.75, 3.05) is 26.3 Å². The average molecular weight is 397 g/mol. The van der Waals surface area contributed by atoms with Crippen molar-refractivity contribution in [1.29, 1.82) is 0 Å². The van der Waals surface area contributed by atoms with Crippen LogP contribution in [0.3, 0.4) is 0 Å². The topological polar surface area (TPSA) is 24.8 Å². The number of rotatable bonds is 4. The van der Waals surface area contributed by atoms with Crippen LogP contribution in [0.25, 0.3) is 15.8 Å². The Morgan fingerprint density at radius 1 is 1.32 bits per heavy atom. The number of thioether (sulfide) groups is 1. The van der Waals surface area contributed by atoms with Gasteiger partial charge in [0.05, 0.1) is 18.8 Å². The van der Waals surface area contributed by atoms with Gasteiger partial charge in [-0.05, 0) is 13.0 Å². The molecule has 0 fully saturated rings. The summed E-state index contributed by atoms with van der Waals surface area (Å²) in [7, 11) is 0. The molecule has 0 unspecified atom stereocenters. The van der Waals surface area contributed by atoms with E-state index in [-0.39, 0.29) is 17.0 Å². The van der Waals surface area contributed by atoms with E-state index < -0.39 is 0 Å². The lowest BCUT2D eigenvalue weighted by Gasteiger charge is -2.17. The molecule has 0 spiro atoms. The predicted octanol–water partition coefficient (Wildman–Crippen LogP) is 4.60. The lowest BCUT2D eigenvalue weighted by Crippen LogP contribution is -2.20. The smallest absolute Gasteiger partial charge is 0.168 e. The first-order valence-electron chi connectivity index (χ1n) is 7.16. The van der Waals surface area contributed by atoms with Gasteiger partial charge in [-0.1, -0.05) is 30.0 Å². The zero-order valence-corrected chi connectivity index (χ0v) is 15.6. The quantitative estimate of drug-likeness (QED) is 0.754. The summed E-state index contributed by atoms with van der Waals surface area (Å²) in [5.41, 5.74) is 2.63. The molecule has 2 aliphatic rings. The molecular weight excluding hydrogens is 380 g/mol. The van der Waals surface area contributed by atoms with Crippen LogP contribution in [0.5, 0.6) is 0 Å². The Hall–Kier alpha value is -0.820. The molecule has 1 aromatic carbocycles. The van der Waals surface area contributed by atoms with Gasteiger partial charge in [-0.15, -0.1) is 28.3 Å². The fraction of sp³-hybridized carbons (Fsp3) is 0.312. The maximum Gasteiger partial charge on any atom is 0.168 e. The lowest BCUT2D eigenvalue weighted by atomic mass is 10.1. The highest BCUT2D eigenvalue weighted by Gasteiger charge is 2.33. The molecule has 0 bridgehead atoms. The summed E-state index contributed by atoms with van der Waals surface area (Å²) in [4.78, 5) is 8.25. The van der Waals surface area contributed by atoms with Gasteiger partial charge in [0.2, 0.25) is 0 Å². The number of halogens is 1. The van der Waals surface area contributed by atoms with E-state index in [0.717, 1.165) is 24.9 Å². The number of benzene rings is 1. The van der Waals surface area contributed by atoms with Gasteiger partial charge in [0.1, 0.15) is 0 Å². The molecule has 3 heterocycles. The number of hydrogen-bond acceptors (Lipinski definition) is 5. The second-order valence-electron chi connectivity index (χ2n) is 4.97. The highest BCUT2D eigenvalue weighted by atomic mass is 79.9. The van der Waals surface area contributed by atoms with Crippen LogP contribution in [0.15, 0.2) is 39.5 Å². The Morgan fingerprint density at radius 3 is 3.05 bits per heavy atom. The van der Waals surface area contributed by atoms with Crippen molar-refractivity contribution in [2.45, 2.75) is 6.92 Å². The number of hydrogen-bond donors (Lipinski definition) is 0. The van der Waals surface area contributed by atoms with Crippen LogP contribution in [-0.2, 0) is 4.74 Å². The molecule has 4 rings (SSSR count). The second-order valence-corrected chi connectivity index (χ2v) is 6.95. The summed E-state index contributed by atoms with van der Waals surface area (Å²) in [6.45, 7) is 5.34. The Labute approximate surface area is 148 Å². The van der Waals surface area contributed by atoms with Gasteiger partial charge >= 0.3 is 0 Å². The van der Waals surface area contributed by atoms with Gasteiger partial charge in [-0.25, -0.2) is 0 Å². The van der Waals surface area contributed by atoms with Crippen LogP contribution in [0.2, 0.25) is 0 Å². The summed E-state index contributed by atoms with van der Waals surface area (Å²) >= 11 is 3.58. The molecule has 0 saturated carbocycles. The molecule has 0 N–H and O–H groups in total. The third-order valence-corrected chi connectivity index (χ3v) is 5.78. The molecule has 2 aromatic rings. The maximum absolute atomic E-state index is 5.67. The Kier molecular flexibility index (Phi) is 4.92. The zero-order chi connectivity index (χ0) is 14.2. The Morgan fingerprint density at radius 2 is 2.18 bits per heavy atom. The van der Waals surface area contributed by atoms with Crippen molar-refractivity contribution in [2.24, 2.45) is 4.99 Å². The van der Waals surface area contributed by atoms with Crippen molar-refractivity contribution < 1.29 is 4.74 Å². The summed E-state index contributed by atoms with van der Waals surface area (Å²) in [6, 6.07) is 8.61. The molecule has 0 amide bonds. The van der Waals surface area contributed by atoms with Gasteiger partial charge < -0.3 is 9.64 Å². The minimum absolute atomic E-state index is 0. The molecule has 6 heteroatoms. The van der Waals surface area contributed by atoms with E-state index in [2.05, 4.69) is 39.5 Å². The molecule has 0 aliphatic carbocycles. The zero-order valence-electron chi connectivity index (χ0n) is 12.2. The van der Waals surface area contributed by atoms with Crippen molar-refractivity contribution in [3.63, 3.8) is 0 Å². The average Bonchev–Trinajstić information content (AvgIpc) is 3.18. The number of ether oxygens (including phenoxy) is 1. The molecule has 116 valence electrons. The SMILES string of the molecule is Br.CCOCC1=C(c2csc3ccccc23)N2CCN=C2S1. The van der Waals surface area contributed by atoms with Gasteiger partial charge in [0.15, 0.2) is 5.17 Å². The van der Waals surface area contributed by atoms with E-state index in [9.17, 15) is 0 Å².